The number of hydrogen-bond donors (Lipinski definition) is 1. The molecule has 0 aliphatic heterocycles. The van der Waals surface area contributed by atoms with Crippen molar-refractivity contribution in [1.29, 1.82) is 0 Å². The molecular weight excluding hydrogens is 262 g/mol. The number of nitrogen functional groups attached to an aromatic ring is 1. The van der Waals surface area contributed by atoms with Crippen molar-refractivity contribution >= 4 is 23.1 Å². The summed E-state index contributed by atoms with van der Waals surface area (Å²) in [7, 11) is 1.77. The molecule has 4 nitrogen and oxygen atoms in total. The minimum Gasteiger partial charge on any atom is -0.399 e. The summed E-state index contributed by atoms with van der Waals surface area (Å²) >= 11 is 6.11. The summed E-state index contributed by atoms with van der Waals surface area (Å²) in [5.74, 6) is 0.114. The van der Waals surface area contributed by atoms with Crippen LogP contribution in [0.15, 0.2) is 24.3 Å². The Kier molecular flexibility index (Phi) is 3.90. The van der Waals surface area contributed by atoms with E-state index in [1.54, 1.807) is 23.9 Å². The van der Waals surface area contributed by atoms with E-state index in [0.717, 1.165) is 16.8 Å². The van der Waals surface area contributed by atoms with Gasteiger partial charge in [0, 0.05) is 31.1 Å². The number of halogens is 1. The zero-order chi connectivity index (χ0) is 14.0. The lowest BCUT2D eigenvalue weighted by Crippen LogP contribution is -2.07. The zero-order valence-corrected chi connectivity index (χ0v) is 11.7. The smallest absolute Gasteiger partial charge is 0.141 e. The highest BCUT2D eigenvalue weighted by atomic mass is 35.5. The summed E-state index contributed by atoms with van der Waals surface area (Å²) in [5.41, 5.74) is 8.88. The van der Waals surface area contributed by atoms with Crippen LogP contribution in [0.2, 0.25) is 5.15 Å². The molecule has 0 spiro atoms. The molecule has 0 fully saturated rings. The van der Waals surface area contributed by atoms with Crippen LogP contribution >= 0.6 is 11.6 Å². The van der Waals surface area contributed by atoms with Gasteiger partial charge in [-0.15, -0.1) is 0 Å². The number of anilines is 1. The second kappa shape index (κ2) is 5.45. The molecule has 19 heavy (non-hydrogen) atoms. The molecule has 1 heterocycles. The molecule has 0 atom stereocenters. The number of nitrogens with two attached hydrogens (primary N) is 1. The molecule has 0 aliphatic rings. The lowest BCUT2D eigenvalue weighted by molar-refractivity contribution is -0.117. The summed E-state index contributed by atoms with van der Waals surface area (Å²) in [5, 5.41) is 4.73. The van der Waals surface area contributed by atoms with Crippen molar-refractivity contribution in [2.45, 2.75) is 19.8 Å². The Bertz CT molecular complexity index is 602. The van der Waals surface area contributed by atoms with Gasteiger partial charge in [0.1, 0.15) is 10.9 Å². The number of aryl methyl sites for hydroxylation is 2. The number of nitrogens with zero attached hydrogens (tertiary/aromatic N) is 2. The molecule has 0 saturated heterocycles. The minimum absolute atomic E-state index is 0.114. The minimum atomic E-state index is 0.114. The van der Waals surface area contributed by atoms with Crippen molar-refractivity contribution in [3.63, 3.8) is 0 Å². The molecule has 0 aliphatic carbocycles. The molecule has 1 aromatic carbocycles. The Hall–Kier alpha value is -1.81. The summed E-state index contributed by atoms with van der Waals surface area (Å²) in [6, 6.07) is 7.33. The topological polar surface area (TPSA) is 60.9 Å². The highest BCUT2D eigenvalue weighted by Gasteiger charge is 2.15. The van der Waals surface area contributed by atoms with Crippen molar-refractivity contribution < 1.29 is 4.79 Å². The fourth-order valence-corrected chi connectivity index (χ4v) is 2.24. The van der Waals surface area contributed by atoms with E-state index in [0.29, 0.717) is 23.7 Å². The van der Waals surface area contributed by atoms with E-state index in [1.807, 2.05) is 19.1 Å². The Labute approximate surface area is 117 Å². The molecular formula is C14H16ClN3O. The van der Waals surface area contributed by atoms with Crippen molar-refractivity contribution in [3.8, 4) is 0 Å². The molecule has 0 amide bonds. The largest absolute Gasteiger partial charge is 0.399 e. The van der Waals surface area contributed by atoms with Crippen LogP contribution in [-0.2, 0) is 24.7 Å². The quantitative estimate of drug-likeness (QED) is 0.873. The van der Waals surface area contributed by atoms with Crippen LogP contribution in [-0.4, -0.2) is 15.6 Å². The Morgan fingerprint density at radius 2 is 1.95 bits per heavy atom. The second-order valence-electron chi connectivity index (χ2n) is 4.61. The highest BCUT2D eigenvalue weighted by molar-refractivity contribution is 6.30. The monoisotopic (exact) mass is 277 g/mol. The molecule has 0 unspecified atom stereocenters. The maximum atomic E-state index is 12.1. The van der Waals surface area contributed by atoms with Crippen molar-refractivity contribution in [2.24, 2.45) is 7.05 Å². The lowest BCUT2D eigenvalue weighted by atomic mass is 10.0. The molecule has 1 aromatic heterocycles. The van der Waals surface area contributed by atoms with Crippen LogP contribution in [0.4, 0.5) is 5.69 Å². The van der Waals surface area contributed by atoms with Crippen LogP contribution in [0.1, 0.15) is 16.8 Å². The van der Waals surface area contributed by atoms with Gasteiger partial charge in [0.15, 0.2) is 0 Å². The number of carbonyl (C=O) groups excluding carboxylic acids is 1. The number of benzene rings is 1. The number of Topliss-reactive ketones (excluding diaryl/α,β-unsaturated/α-hetero) is 1. The summed E-state index contributed by atoms with van der Waals surface area (Å²) in [6.45, 7) is 1.86. The standard InChI is InChI=1S/C14H16ClN3O/c1-9-13(14(15)18(2)17-9)8-12(19)7-10-3-5-11(16)6-4-10/h3-6H,7-8,16H2,1-2H3. The van der Waals surface area contributed by atoms with E-state index >= 15 is 0 Å². The zero-order valence-electron chi connectivity index (χ0n) is 11.0. The second-order valence-corrected chi connectivity index (χ2v) is 4.97. The average Bonchev–Trinajstić information content (AvgIpc) is 2.59. The Morgan fingerprint density at radius 3 is 2.47 bits per heavy atom. The summed E-state index contributed by atoms with van der Waals surface area (Å²) < 4.78 is 1.59. The first-order valence-corrected chi connectivity index (χ1v) is 6.39. The van der Waals surface area contributed by atoms with Crippen LogP contribution in [0.5, 0.6) is 0 Å². The van der Waals surface area contributed by atoms with E-state index < -0.39 is 0 Å². The SMILES string of the molecule is Cc1nn(C)c(Cl)c1CC(=O)Cc1ccc(N)cc1. The van der Waals surface area contributed by atoms with E-state index in [1.165, 1.54) is 0 Å². The molecule has 5 heteroatoms. The van der Waals surface area contributed by atoms with Gasteiger partial charge in [0.2, 0.25) is 0 Å². The Balaban J connectivity index is 2.07. The molecule has 2 aromatic rings. The van der Waals surface area contributed by atoms with Gasteiger partial charge in [-0.1, -0.05) is 23.7 Å². The lowest BCUT2D eigenvalue weighted by Gasteiger charge is -2.02. The first kappa shape index (κ1) is 13.6. The third-order valence-electron chi connectivity index (χ3n) is 3.02. The summed E-state index contributed by atoms with van der Waals surface area (Å²) in [4.78, 5) is 12.1. The third kappa shape index (κ3) is 3.15. The molecule has 2 N–H and O–H groups in total. The maximum Gasteiger partial charge on any atom is 0.141 e. The molecule has 0 radical (unpaired) electrons. The van der Waals surface area contributed by atoms with Crippen LogP contribution < -0.4 is 5.73 Å². The number of rotatable bonds is 4. The van der Waals surface area contributed by atoms with E-state index in [4.69, 9.17) is 17.3 Å². The van der Waals surface area contributed by atoms with Gasteiger partial charge in [-0.3, -0.25) is 9.48 Å². The number of hydrogen-bond acceptors (Lipinski definition) is 3. The summed E-state index contributed by atoms with van der Waals surface area (Å²) in [6.07, 6.45) is 0.688. The van der Waals surface area contributed by atoms with Gasteiger partial charge in [-0.25, -0.2) is 0 Å². The predicted octanol–water partition coefficient (Wildman–Crippen LogP) is 2.32. The normalized spacial score (nSPS) is 10.7. The van der Waals surface area contributed by atoms with E-state index in [9.17, 15) is 4.79 Å². The Morgan fingerprint density at radius 1 is 1.32 bits per heavy atom. The van der Waals surface area contributed by atoms with Crippen LogP contribution in [0.25, 0.3) is 0 Å². The van der Waals surface area contributed by atoms with Gasteiger partial charge in [0.05, 0.1) is 5.69 Å². The number of ketones is 1. The fraction of sp³-hybridized carbons (Fsp3) is 0.286. The number of aromatic nitrogens is 2. The molecule has 0 bridgehead atoms. The first-order chi connectivity index (χ1) is 8.97. The van der Waals surface area contributed by atoms with Crippen molar-refractivity contribution in [1.82, 2.24) is 9.78 Å². The van der Waals surface area contributed by atoms with Gasteiger partial charge in [0.25, 0.3) is 0 Å². The average molecular weight is 278 g/mol. The predicted molar refractivity (Wildman–Crippen MR) is 76.2 cm³/mol. The molecule has 2 rings (SSSR count). The molecule has 0 saturated carbocycles. The van der Waals surface area contributed by atoms with Gasteiger partial charge >= 0.3 is 0 Å². The number of carbonyl (C=O) groups is 1. The molecule has 100 valence electrons. The van der Waals surface area contributed by atoms with Crippen molar-refractivity contribution in [3.05, 3.63) is 46.2 Å². The maximum absolute atomic E-state index is 12.1. The van der Waals surface area contributed by atoms with Gasteiger partial charge < -0.3 is 5.73 Å². The van der Waals surface area contributed by atoms with Crippen LogP contribution in [0, 0.1) is 6.92 Å². The van der Waals surface area contributed by atoms with E-state index in [2.05, 4.69) is 5.10 Å². The van der Waals surface area contributed by atoms with E-state index in [-0.39, 0.29) is 5.78 Å². The fourth-order valence-electron chi connectivity index (χ4n) is 2.00. The highest BCUT2D eigenvalue weighted by Crippen LogP contribution is 2.20. The third-order valence-corrected chi connectivity index (χ3v) is 3.50. The van der Waals surface area contributed by atoms with Gasteiger partial charge in [-0.2, -0.15) is 5.10 Å². The first-order valence-electron chi connectivity index (χ1n) is 6.01. The van der Waals surface area contributed by atoms with Gasteiger partial charge in [-0.05, 0) is 24.6 Å². The van der Waals surface area contributed by atoms with Crippen LogP contribution in [0.3, 0.4) is 0 Å². The van der Waals surface area contributed by atoms with Crippen molar-refractivity contribution in [2.75, 3.05) is 5.73 Å².